The fourth-order valence-electron chi connectivity index (χ4n) is 1.42. The Morgan fingerprint density at radius 2 is 1.89 bits per heavy atom. The first-order chi connectivity index (χ1) is 8.88. The maximum absolute atomic E-state index is 12.6. The Kier molecular flexibility index (Phi) is 4.01. The van der Waals surface area contributed by atoms with E-state index in [1.165, 1.54) is 18.5 Å². The summed E-state index contributed by atoms with van der Waals surface area (Å²) in [6.07, 6.45) is -1.35. The van der Waals surface area contributed by atoms with Crippen molar-refractivity contribution in [3.8, 4) is 0 Å². The van der Waals surface area contributed by atoms with Gasteiger partial charge in [0.1, 0.15) is 0 Å². The molecule has 2 rings (SSSR count). The van der Waals surface area contributed by atoms with Crippen molar-refractivity contribution in [1.82, 2.24) is 4.98 Å². The molecule has 0 aliphatic rings. The number of anilines is 2. The van der Waals surface area contributed by atoms with E-state index in [0.717, 1.165) is 12.1 Å². The third-order valence-corrected chi connectivity index (χ3v) is 3.30. The predicted molar refractivity (Wildman–Crippen MR) is 71.7 cm³/mol. The summed E-state index contributed by atoms with van der Waals surface area (Å²) < 4.78 is 38.5. The van der Waals surface area contributed by atoms with Crippen LogP contribution in [0.4, 0.5) is 24.5 Å². The van der Waals surface area contributed by atoms with Gasteiger partial charge < -0.3 is 5.32 Å². The Balaban J connectivity index is 2.38. The monoisotopic (exact) mass is 350 g/mol. The average molecular weight is 352 g/mol. The van der Waals surface area contributed by atoms with Crippen LogP contribution in [-0.4, -0.2) is 4.98 Å². The van der Waals surface area contributed by atoms with E-state index < -0.39 is 11.7 Å². The first kappa shape index (κ1) is 14.1. The van der Waals surface area contributed by atoms with Crippen molar-refractivity contribution in [2.24, 2.45) is 0 Å². The van der Waals surface area contributed by atoms with Gasteiger partial charge in [0.25, 0.3) is 0 Å². The number of nitrogens with zero attached hydrogens (tertiary/aromatic N) is 1. The smallest absolute Gasteiger partial charge is 0.353 e. The first-order valence-corrected chi connectivity index (χ1v) is 6.28. The predicted octanol–water partition coefficient (Wildman–Crippen LogP) is 5.26. The molecule has 0 unspecified atom stereocenters. The Labute approximate surface area is 120 Å². The van der Waals surface area contributed by atoms with Crippen molar-refractivity contribution in [2.75, 3.05) is 5.32 Å². The third-order valence-electron chi connectivity index (χ3n) is 2.34. The topological polar surface area (TPSA) is 24.9 Å². The fraction of sp³-hybridized carbons (Fsp3) is 0.0833. The molecule has 100 valence electrons. The van der Waals surface area contributed by atoms with Gasteiger partial charge in [0, 0.05) is 12.4 Å². The molecule has 0 amide bonds. The van der Waals surface area contributed by atoms with Gasteiger partial charge in [0.15, 0.2) is 0 Å². The minimum absolute atomic E-state index is 0.184. The molecule has 0 aliphatic carbocycles. The lowest BCUT2D eigenvalue weighted by Gasteiger charge is -2.13. The molecule has 0 atom stereocenters. The Bertz CT molecular complexity index is 602. The van der Waals surface area contributed by atoms with E-state index in [2.05, 4.69) is 26.2 Å². The van der Waals surface area contributed by atoms with Crippen LogP contribution >= 0.6 is 27.5 Å². The zero-order valence-electron chi connectivity index (χ0n) is 9.30. The maximum Gasteiger partial charge on any atom is 0.416 e. The first-order valence-electron chi connectivity index (χ1n) is 5.11. The maximum atomic E-state index is 12.6. The van der Waals surface area contributed by atoms with Crippen molar-refractivity contribution in [1.29, 1.82) is 0 Å². The van der Waals surface area contributed by atoms with Crippen LogP contribution in [0, 0.1) is 0 Å². The highest BCUT2D eigenvalue weighted by Gasteiger charge is 2.31. The molecule has 1 aromatic heterocycles. The number of hydrogen-bond acceptors (Lipinski definition) is 2. The van der Waals surface area contributed by atoms with E-state index in [-0.39, 0.29) is 10.7 Å². The Morgan fingerprint density at radius 3 is 2.53 bits per heavy atom. The molecular weight excluding hydrogens is 344 g/mol. The molecule has 1 aromatic carbocycles. The van der Waals surface area contributed by atoms with Gasteiger partial charge in [-0.2, -0.15) is 13.2 Å². The van der Waals surface area contributed by atoms with E-state index in [0.29, 0.717) is 10.2 Å². The van der Waals surface area contributed by atoms with Crippen LogP contribution in [0.3, 0.4) is 0 Å². The molecule has 0 spiro atoms. The third kappa shape index (κ3) is 3.39. The Morgan fingerprint density at radius 1 is 1.16 bits per heavy atom. The number of aromatic nitrogens is 1. The van der Waals surface area contributed by atoms with Gasteiger partial charge in [-0.3, -0.25) is 4.98 Å². The van der Waals surface area contributed by atoms with Gasteiger partial charge >= 0.3 is 6.18 Å². The molecule has 7 heteroatoms. The van der Waals surface area contributed by atoms with Gasteiger partial charge in [-0.15, -0.1) is 0 Å². The van der Waals surface area contributed by atoms with Crippen LogP contribution in [0.25, 0.3) is 0 Å². The number of hydrogen-bond donors (Lipinski definition) is 1. The van der Waals surface area contributed by atoms with Crippen molar-refractivity contribution in [2.45, 2.75) is 6.18 Å². The van der Waals surface area contributed by atoms with Crippen LogP contribution in [-0.2, 0) is 6.18 Å². The number of alkyl halides is 3. The lowest BCUT2D eigenvalue weighted by atomic mass is 10.2. The molecule has 19 heavy (non-hydrogen) atoms. The molecule has 1 N–H and O–H groups in total. The van der Waals surface area contributed by atoms with Crippen molar-refractivity contribution < 1.29 is 13.2 Å². The second-order valence-electron chi connectivity index (χ2n) is 3.67. The second-order valence-corrected chi connectivity index (χ2v) is 4.93. The van der Waals surface area contributed by atoms with Crippen molar-refractivity contribution in [3.05, 3.63) is 51.7 Å². The highest BCUT2D eigenvalue weighted by atomic mass is 79.9. The molecule has 2 aromatic rings. The van der Waals surface area contributed by atoms with Gasteiger partial charge in [-0.25, -0.2) is 0 Å². The molecule has 1 heterocycles. The average Bonchev–Trinajstić information content (AvgIpc) is 2.33. The molecule has 0 radical (unpaired) electrons. The highest BCUT2D eigenvalue weighted by molar-refractivity contribution is 9.10. The van der Waals surface area contributed by atoms with E-state index >= 15 is 0 Å². The summed E-state index contributed by atoms with van der Waals surface area (Å²) in [5, 5.41) is 3.04. The highest BCUT2D eigenvalue weighted by Crippen LogP contribution is 2.35. The molecule has 0 saturated carbocycles. The lowest BCUT2D eigenvalue weighted by molar-refractivity contribution is -0.137. The summed E-state index contributed by atoms with van der Waals surface area (Å²) in [6, 6.07) is 4.74. The number of nitrogens with one attached hydrogen (secondary N) is 1. The summed E-state index contributed by atoms with van der Waals surface area (Å²) in [4.78, 5) is 3.87. The molecule has 0 bridgehead atoms. The number of benzene rings is 1. The lowest BCUT2D eigenvalue weighted by Crippen LogP contribution is -2.05. The number of rotatable bonds is 2. The van der Waals surface area contributed by atoms with Crippen LogP contribution in [0.15, 0.2) is 41.1 Å². The molecule has 2 nitrogen and oxygen atoms in total. The van der Waals surface area contributed by atoms with Crippen LogP contribution < -0.4 is 5.32 Å². The molecule has 0 saturated heterocycles. The van der Waals surface area contributed by atoms with Crippen molar-refractivity contribution >= 4 is 38.9 Å². The molecule has 0 fully saturated rings. The van der Waals surface area contributed by atoms with E-state index in [4.69, 9.17) is 11.6 Å². The Hall–Kier alpha value is -1.27. The fourth-order valence-corrected chi connectivity index (χ4v) is 1.93. The minimum Gasteiger partial charge on any atom is -0.353 e. The zero-order valence-corrected chi connectivity index (χ0v) is 11.6. The minimum atomic E-state index is -4.41. The van der Waals surface area contributed by atoms with Gasteiger partial charge in [0.05, 0.1) is 26.4 Å². The van der Waals surface area contributed by atoms with Crippen LogP contribution in [0.5, 0.6) is 0 Å². The van der Waals surface area contributed by atoms with Crippen molar-refractivity contribution in [3.63, 3.8) is 0 Å². The van der Waals surface area contributed by atoms with Gasteiger partial charge in [-0.1, -0.05) is 11.6 Å². The summed E-state index contributed by atoms with van der Waals surface area (Å²) in [5.41, 5.74) is 0.00388. The van der Waals surface area contributed by atoms with Gasteiger partial charge in [-0.05, 0) is 40.2 Å². The van der Waals surface area contributed by atoms with E-state index in [1.807, 2.05) is 0 Å². The normalized spacial score (nSPS) is 11.4. The summed E-state index contributed by atoms with van der Waals surface area (Å²) >= 11 is 9.13. The zero-order chi connectivity index (χ0) is 14.0. The summed E-state index contributed by atoms with van der Waals surface area (Å²) in [6.45, 7) is 0. The number of halogens is 5. The van der Waals surface area contributed by atoms with Gasteiger partial charge in [0.2, 0.25) is 0 Å². The molecular formula is C12H7BrClF3N2. The van der Waals surface area contributed by atoms with E-state index in [9.17, 15) is 13.2 Å². The quantitative estimate of drug-likeness (QED) is 0.798. The van der Waals surface area contributed by atoms with Crippen LogP contribution in [0.2, 0.25) is 5.02 Å². The van der Waals surface area contributed by atoms with E-state index in [1.54, 1.807) is 6.07 Å². The molecule has 0 aliphatic heterocycles. The summed E-state index contributed by atoms with van der Waals surface area (Å²) in [7, 11) is 0. The van der Waals surface area contributed by atoms with Crippen LogP contribution in [0.1, 0.15) is 5.56 Å². The largest absolute Gasteiger partial charge is 0.416 e. The number of pyridine rings is 1. The second kappa shape index (κ2) is 5.38. The summed E-state index contributed by atoms with van der Waals surface area (Å²) in [5.74, 6) is 0. The standard InChI is InChI=1S/C12H7BrClF3N2/c13-8-6-18-4-3-10(8)19-11-5-7(12(15,16)17)1-2-9(11)14/h1-6H,(H,18,19). The SMILES string of the molecule is FC(F)(F)c1ccc(Cl)c(Nc2ccncc2Br)c1.